The molecule has 106 valence electrons. The van der Waals surface area contributed by atoms with Crippen LogP contribution in [0.25, 0.3) is 10.9 Å². The van der Waals surface area contributed by atoms with Crippen LogP contribution in [0.3, 0.4) is 0 Å². The number of fused-ring (bicyclic) bond motifs is 1. The van der Waals surface area contributed by atoms with E-state index in [2.05, 4.69) is 4.98 Å². The standard InChI is InChI=1S/C16H20N2O2/c17-16(11-19)7-1-4-14(10-16)20-13-6-5-12-3-2-8-18-15(12)9-13/h2-3,5-6,8-9,14,19H,1,4,7,10-11,17H2. The van der Waals surface area contributed by atoms with Gasteiger partial charge in [-0.1, -0.05) is 6.07 Å². The third-order valence-electron chi connectivity index (χ3n) is 4.03. The fraction of sp³-hybridized carbons (Fsp3) is 0.438. The second kappa shape index (κ2) is 5.38. The van der Waals surface area contributed by atoms with E-state index in [1.807, 2.05) is 30.3 Å². The Balaban J connectivity index is 1.75. The Morgan fingerprint density at radius 3 is 3.15 bits per heavy atom. The smallest absolute Gasteiger partial charge is 0.121 e. The van der Waals surface area contributed by atoms with E-state index in [0.717, 1.165) is 35.9 Å². The average molecular weight is 272 g/mol. The minimum absolute atomic E-state index is 0.0200. The molecule has 3 N–H and O–H groups in total. The number of ether oxygens (including phenoxy) is 1. The normalized spacial score (nSPS) is 26.6. The third kappa shape index (κ3) is 2.76. The van der Waals surface area contributed by atoms with Gasteiger partial charge in [0.05, 0.1) is 12.1 Å². The molecule has 4 heteroatoms. The maximum absolute atomic E-state index is 9.38. The molecule has 2 aromatic rings. The number of aliphatic hydroxyl groups excluding tert-OH is 1. The number of nitrogens with zero attached hydrogens (tertiary/aromatic N) is 1. The monoisotopic (exact) mass is 272 g/mol. The zero-order chi connectivity index (χ0) is 14.0. The van der Waals surface area contributed by atoms with Crippen molar-refractivity contribution in [1.29, 1.82) is 0 Å². The lowest BCUT2D eigenvalue weighted by Crippen LogP contribution is -2.50. The molecule has 0 spiro atoms. The van der Waals surface area contributed by atoms with Gasteiger partial charge in [-0.3, -0.25) is 4.98 Å². The van der Waals surface area contributed by atoms with Crippen molar-refractivity contribution in [3.8, 4) is 5.75 Å². The van der Waals surface area contributed by atoms with E-state index in [4.69, 9.17) is 10.5 Å². The third-order valence-corrected chi connectivity index (χ3v) is 4.03. The van der Waals surface area contributed by atoms with Gasteiger partial charge in [-0.15, -0.1) is 0 Å². The first-order valence-corrected chi connectivity index (χ1v) is 7.10. The van der Waals surface area contributed by atoms with E-state index in [1.165, 1.54) is 0 Å². The number of hydrogen-bond donors (Lipinski definition) is 2. The van der Waals surface area contributed by atoms with E-state index in [9.17, 15) is 5.11 Å². The zero-order valence-electron chi connectivity index (χ0n) is 11.5. The fourth-order valence-electron chi connectivity index (χ4n) is 2.90. The van der Waals surface area contributed by atoms with Crippen LogP contribution in [0.1, 0.15) is 25.7 Å². The molecule has 2 atom stereocenters. The van der Waals surface area contributed by atoms with Crippen LogP contribution >= 0.6 is 0 Å². The molecule has 1 aliphatic rings. The van der Waals surface area contributed by atoms with Crippen molar-refractivity contribution < 1.29 is 9.84 Å². The van der Waals surface area contributed by atoms with Crippen LogP contribution in [0.15, 0.2) is 36.5 Å². The summed E-state index contributed by atoms with van der Waals surface area (Å²) in [5.41, 5.74) is 6.59. The van der Waals surface area contributed by atoms with Crippen LogP contribution in [0.5, 0.6) is 5.75 Å². The SMILES string of the molecule is NC1(CO)CCCC(Oc2ccc3cccnc3c2)C1. The molecule has 1 heterocycles. The van der Waals surface area contributed by atoms with Gasteiger partial charge in [0.15, 0.2) is 0 Å². The number of nitrogens with two attached hydrogens (primary N) is 1. The molecule has 1 aliphatic carbocycles. The number of aliphatic hydroxyl groups is 1. The number of hydrogen-bond acceptors (Lipinski definition) is 4. The van der Waals surface area contributed by atoms with E-state index in [0.29, 0.717) is 6.42 Å². The Labute approximate surface area is 118 Å². The van der Waals surface area contributed by atoms with Crippen molar-refractivity contribution in [2.24, 2.45) is 5.73 Å². The van der Waals surface area contributed by atoms with Gasteiger partial charge in [-0.05, 0) is 37.5 Å². The maximum atomic E-state index is 9.38. The second-order valence-corrected chi connectivity index (χ2v) is 5.71. The molecule has 4 nitrogen and oxygen atoms in total. The summed E-state index contributed by atoms with van der Waals surface area (Å²) >= 11 is 0. The highest BCUT2D eigenvalue weighted by Crippen LogP contribution is 2.30. The minimum atomic E-state index is -0.488. The van der Waals surface area contributed by atoms with E-state index in [-0.39, 0.29) is 12.7 Å². The fourth-order valence-corrected chi connectivity index (χ4v) is 2.90. The molecule has 1 saturated carbocycles. The van der Waals surface area contributed by atoms with Crippen molar-refractivity contribution in [3.05, 3.63) is 36.5 Å². The van der Waals surface area contributed by atoms with Crippen LogP contribution in [-0.2, 0) is 0 Å². The van der Waals surface area contributed by atoms with Crippen LogP contribution in [0, 0.1) is 0 Å². The Morgan fingerprint density at radius 2 is 2.30 bits per heavy atom. The number of aromatic nitrogens is 1. The van der Waals surface area contributed by atoms with Crippen LogP contribution in [0.4, 0.5) is 0 Å². The average Bonchev–Trinajstić information content (AvgIpc) is 2.47. The first-order chi connectivity index (χ1) is 9.68. The molecule has 0 saturated heterocycles. The largest absolute Gasteiger partial charge is 0.490 e. The lowest BCUT2D eigenvalue weighted by Gasteiger charge is -2.36. The highest BCUT2D eigenvalue weighted by molar-refractivity contribution is 5.79. The van der Waals surface area contributed by atoms with Crippen LogP contribution < -0.4 is 10.5 Å². The van der Waals surface area contributed by atoms with Gasteiger partial charge >= 0.3 is 0 Å². The Hall–Kier alpha value is -1.65. The van der Waals surface area contributed by atoms with Crippen molar-refractivity contribution in [2.75, 3.05) is 6.61 Å². The summed E-state index contributed by atoms with van der Waals surface area (Å²) in [6.45, 7) is 0.0200. The summed E-state index contributed by atoms with van der Waals surface area (Å²) in [5, 5.41) is 10.5. The zero-order valence-corrected chi connectivity index (χ0v) is 11.5. The molecule has 0 amide bonds. The number of rotatable bonds is 3. The Kier molecular flexibility index (Phi) is 3.59. The van der Waals surface area contributed by atoms with E-state index >= 15 is 0 Å². The summed E-state index contributed by atoms with van der Waals surface area (Å²) in [5.74, 6) is 0.823. The molecular formula is C16H20N2O2. The molecule has 1 aromatic carbocycles. The highest BCUT2D eigenvalue weighted by atomic mass is 16.5. The number of benzene rings is 1. The molecule has 1 aromatic heterocycles. The molecule has 1 fully saturated rings. The minimum Gasteiger partial charge on any atom is -0.490 e. The molecule has 20 heavy (non-hydrogen) atoms. The van der Waals surface area contributed by atoms with Gasteiger partial charge in [-0.2, -0.15) is 0 Å². The van der Waals surface area contributed by atoms with E-state index in [1.54, 1.807) is 6.20 Å². The molecule has 0 aliphatic heterocycles. The summed E-state index contributed by atoms with van der Waals surface area (Å²) < 4.78 is 6.03. The van der Waals surface area contributed by atoms with Gasteiger partial charge in [0.2, 0.25) is 0 Å². The lowest BCUT2D eigenvalue weighted by molar-refractivity contribution is 0.0730. The summed E-state index contributed by atoms with van der Waals surface area (Å²) in [6.07, 6.45) is 5.39. The summed E-state index contributed by atoms with van der Waals surface area (Å²) in [4.78, 5) is 4.34. The number of pyridine rings is 1. The Morgan fingerprint density at radius 1 is 1.40 bits per heavy atom. The molecule has 2 unspecified atom stereocenters. The van der Waals surface area contributed by atoms with Gasteiger partial charge in [0.25, 0.3) is 0 Å². The van der Waals surface area contributed by atoms with Crippen LogP contribution in [-0.4, -0.2) is 28.3 Å². The topological polar surface area (TPSA) is 68.4 Å². The predicted molar refractivity (Wildman–Crippen MR) is 78.6 cm³/mol. The predicted octanol–water partition coefficient (Wildman–Crippen LogP) is 2.25. The lowest BCUT2D eigenvalue weighted by atomic mass is 9.81. The summed E-state index contributed by atoms with van der Waals surface area (Å²) in [7, 11) is 0. The Bertz CT molecular complexity index is 602. The van der Waals surface area contributed by atoms with Crippen molar-refractivity contribution in [1.82, 2.24) is 4.98 Å². The van der Waals surface area contributed by atoms with Gasteiger partial charge in [-0.25, -0.2) is 0 Å². The first kappa shape index (κ1) is 13.3. The molecule has 0 bridgehead atoms. The van der Waals surface area contributed by atoms with Crippen LogP contribution in [0.2, 0.25) is 0 Å². The summed E-state index contributed by atoms with van der Waals surface area (Å²) in [6, 6.07) is 9.90. The quantitative estimate of drug-likeness (QED) is 0.899. The van der Waals surface area contributed by atoms with Crippen molar-refractivity contribution >= 4 is 10.9 Å². The van der Waals surface area contributed by atoms with E-state index < -0.39 is 5.54 Å². The highest BCUT2D eigenvalue weighted by Gasteiger charge is 2.33. The molecule has 3 rings (SSSR count). The van der Waals surface area contributed by atoms with Crippen molar-refractivity contribution in [2.45, 2.75) is 37.3 Å². The maximum Gasteiger partial charge on any atom is 0.121 e. The molecule has 0 radical (unpaired) electrons. The van der Waals surface area contributed by atoms with Gasteiger partial charge in [0.1, 0.15) is 11.9 Å². The molecular weight excluding hydrogens is 252 g/mol. The van der Waals surface area contributed by atoms with Gasteiger partial charge < -0.3 is 15.6 Å². The first-order valence-electron chi connectivity index (χ1n) is 7.10. The van der Waals surface area contributed by atoms with Gasteiger partial charge in [0, 0.05) is 29.6 Å². The second-order valence-electron chi connectivity index (χ2n) is 5.71. The van der Waals surface area contributed by atoms with Crippen molar-refractivity contribution in [3.63, 3.8) is 0 Å².